The van der Waals surface area contributed by atoms with Gasteiger partial charge in [0.1, 0.15) is 0 Å². The van der Waals surface area contributed by atoms with Crippen molar-refractivity contribution in [2.75, 3.05) is 6.54 Å². The van der Waals surface area contributed by atoms with Gasteiger partial charge in [0.25, 0.3) is 0 Å². The molecule has 1 rings (SSSR count). The summed E-state index contributed by atoms with van der Waals surface area (Å²) in [5.74, 6) is 0. The molecule has 0 aromatic heterocycles. The van der Waals surface area contributed by atoms with E-state index in [0.717, 1.165) is 13.0 Å². The van der Waals surface area contributed by atoms with Crippen LogP contribution in [-0.4, -0.2) is 22.9 Å². The fraction of sp³-hybridized carbons (Fsp3) is 1.00. The minimum absolute atomic E-state index is 0.463. The Morgan fingerprint density at radius 3 is 2.50 bits per heavy atom. The summed E-state index contributed by atoms with van der Waals surface area (Å²) in [7, 11) is 0. The quantitative estimate of drug-likeness (QED) is 0.657. The first-order valence-electron chi connectivity index (χ1n) is 5.30. The molecule has 1 aliphatic carbocycles. The molecule has 0 amide bonds. The molecule has 0 bridgehead atoms. The average Bonchev–Trinajstić information content (AvgIpc) is 2.15. The predicted molar refractivity (Wildman–Crippen MR) is 50.3 cm³/mol. The Kier molecular flexibility index (Phi) is 4.62. The molecule has 0 radical (unpaired) electrons. The molecule has 0 heterocycles. The van der Waals surface area contributed by atoms with Crippen LogP contribution in [0, 0.1) is 0 Å². The van der Waals surface area contributed by atoms with Crippen molar-refractivity contribution < 1.29 is 5.21 Å². The molecule has 72 valence electrons. The molecule has 1 aliphatic rings. The van der Waals surface area contributed by atoms with Gasteiger partial charge >= 0.3 is 0 Å². The van der Waals surface area contributed by atoms with Crippen molar-refractivity contribution in [1.29, 1.82) is 0 Å². The third-order valence-corrected chi connectivity index (χ3v) is 2.74. The van der Waals surface area contributed by atoms with Crippen LogP contribution < -0.4 is 0 Å². The molecule has 12 heavy (non-hydrogen) atoms. The molecule has 1 saturated carbocycles. The summed E-state index contributed by atoms with van der Waals surface area (Å²) in [6.07, 6.45) is 8.64. The third kappa shape index (κ3) is 3.11. The molecular formula is C10H21NO. The number of hydrogen-bond donors (Lipinski definition) is 1. The topological polar surface area (TPSA) is 23.5 Å². The lowest BCUT2D eigenvalue weighted by Gasteiger charge is -2.29. The van der Waals surface area contributed by atoms with Crippen LogP contribution >= 0.6 is 0 Å². The van der Waals surface area contributed by atoms with Crippen LogP contribution in [0.15, 0.2) is 0 Å². The second-order valence-corrected chi connectivity index (χ2v) is 3.81. The van der Waals surface area contributed by atoms with Crippen LogP contribution in [0.2, 0.25) is 0 Å². The van der Waals surface area contributed by atoms with E-state index in [1.54, 1.807) is 5.06 Å². The van der Waals surface area contributed by atoms with Crippen LogP contribution in [0.4, 0.5) is 0 Å². The van der Waals surface area contributed by atoms with Gasteiger partial charge in [-0.05, 0) is 19.3 Å². The minimum Gasteiger partial charge on any atom is -0.314 e. The van der Waals surface area contributed by atoms with Gasteiger partial charge in [-0.1, -0.05) is 32.6 Å². The molecule has 0 atom stereocenters. The van der Waals surface area contributed by atoms with E-state index in [-0.39, 0.29) is 0 Å². The molecule has 0 saturated heterocycles. The monoisotopic (exact) mass is 171 g/mol. The highest BCUT2D eigenvalue weighted by molar-refractivity contribution is 4.70. The summed E-state index contributed by atoms with van der Waals surface area (Å²) in [4.78, 5) is 0. The predicted octanol–water partition coefficient (Wildman–Crippen LogP) is 2.81. The van der Waals surface area contributed by atoms with E-state index in [0.29, 0.717) is 6.04 Å². The van der Waals surface area contributed by atoms with Gasteiger partial charge in [0.05, 0.1) is 0 Å². The van der Waals surface area contributed by atoms with Crippen molar-refractivity contribution in [1.82, 2.24) is 5.06 Å². The van der Waals surface area contributed by atoms with Crippen LogP contribution in [0.25, 0.3) is 0 Å². The Morgan fingerprint density at radius 2 is 1.92 bits per heavy atom. The zero-order valence-corrected chi connectivity index (χ0v) is 8.13. The molecule has 0 aliphatic heterocycles. The van der Waals surface area contributed by atoms with Crippen molar-refractivity contribution in [3.05, 3.63) is 0 Å². The van der Waals surface area contributed by atoms with Gasteiger partial charge in [0.15, 0.2) is 0 Å². The molecule has 1 N–H and O–H groups in total. The Balaban J connectivity index is 2.15. The zero-order chi connectivity index (χ0) is 8.81. The highest BCUT2D eigenvalue weighted by Crippen LogP contribution is 2.21. The Hall–Kier alpha value is -0.0800. The summed E-state index contributed by atoms with van der Waals surface area (Å²) in [6.45, 7) is 3.02. The SMILES string of the molecule is CCCCN(O)C1CCCCC1. The minimum atomic E-state index is 0.463. The normalized spacial score (nSPS) is 20.2. The van der Waals surface area contributed by atoms with Crippen LogP contribution in [0.1, 0.15) is 51.9 Å². The van der Waals surface area contributed by atoms with Gasteiger partial charge in [-0.3, -0.25) is 0 Å². The van der Waals surface area contributed by atoms with E-state index in [1.165, 1.54) is 38.5 Å². The lowest BCUT2D eigenvalue weighted by molar-refractivity contribution is -0.135. The molecule has 2 heteroatoms. The Bertz CT molecular complexity index is 110. The van der Waals surface area contributed by atoms with E-state index >= 15 is 0 Å². The maximum Gasteiger partial charge on any atom is 0.0350 e. The van der Waals surface area contributed by atoms with Crippen LogP contribution in [0.5, 0.6) is 0 Å². The summed E-state index contributed by atoms with van der Waals surface area (Å²) >= 11 is 0. The molecule has 1 fully saturated rings. The second-order valence-electron chi connectivity index (χ2n) is 3.81. The van der Waals surface area contributed by atoms with Gasteiger partial charge in [-0.15, -0.1) is 0 Å². The van der Waals surface area contributed by atoms with Crippen molar-refractivity contribution in [3.63, 3.8) is 0 Å². The van der Waals surface area contributed by atoms with Gasteiger partial charge < -0.3 is 5.21 Å². The number of unbranched alkanes of at least 4 members (excludes halogenated alkanes) is 1. The standard InChI is InChI=1S/C10H21NO/c1-2-3-9-11(12)10-7-5-4-6-8-10/h10,12H,2-9H2,1H3. The van der Waals surface area contributed by atoms with E-state index in [1.807, 2.05) is 0 Å². The van der Waals surface area contributed by atoms with Crippen LogP contribution in [-0.2, 0) is 0 Å². The van der Waals surface area contributed by atoms with Gasteiger partial charge in [0.2, 0.25) is 0 Å². The fourth-order valence-corrected chi connectivity index (χ4v) is 1.88. The molecule has 0 unspecified atom stereocenters. The zero-order valence-electron chi connectivity index (χ0n) is 8.13. The van der Waals surface area contributed by atoms with E-state index in [4.69, 9.17) is 0 Å². The number of rotatable bonds is 4. The highest BCUT2D eigenvalue weighted by atomic mass is 16.5. The highest BCUT2D eigenvalue weighted by Gasteiger charge is 2.18. The third-order valence-electron chi connectivity index (χ3n) is 2.74. The molecule has 2 nitrogen and oxygen atoms in total. The number of nitrogens with zero attached hydrogens (tertiary/aromatic N) is 1. The number of hydroxylamine groups is 2. The van der Waals surface area contributed by atoms with Crippen molar-refractivity contribution in [3.8, 4) is 0 Å². The maximum atomic E-state index is 9.64. The molecular weight excluding hydrogens is 150 g/mol. The average molecular weight is 171 g/mol. The Labute approximate surface area is 75.5 Å². The van der Waals surface area contributed by atoms with Gasteiger partial charge in [-0.25, -0.2) is 0 Å². The largest absolute Gasteiger partial charge is 0.314 e. The van der Waals surface area contributed by atoms with Crippen molar-refractivity contribution in [2.24, 2.45) is 0 Å². The van der Waals surface area contributed by atoms with Crippen molar-refractivity contribution >= 4 is 0 Å². The smallest absolute Gasteiger partial charge is 0.0350 e. The lowest BCUT2D eigenvalue weighted by atomic mass is 9.95. The first-order valence-corrected chi connectivity index (χ1v) is 5.30. The first-order chi connectivity index (χ1) is 5.84. The van der Waals surface area contributed by atoms with E-state index < -0.39 is 0 Å². The van der Waals surface area contributed by atoms with Gasteiger partial charge in [0, 0.05) is 12.6 Å². The van der Waals surface area contributed by atoms with Gasteiger partial charge in [-0.2, -0.15) is 5.06 Å². The maximum absolute atomic E-state index is 9.64. The van der Waals surface area contributed by atoms with Crippen molar-refractivity contribution in [2.45, 2.75) is 57.9 Å². The molecule has 0 spiro atoms. The lowest BCUT2D eigenvalue weighted by Crippen LogP contribution is -2.34. The summed E-state index contributed by atoms with van der Waals surface area (Å²) < 4.78 is 0. The Morgan fingerprint density at radius 1 is 1.25 bits per heavy atom. The summed E-state index contributed by atoms with van der Waals surface area (Å²) in [5.41, 5.74) is 0. The van der Waals surface area contributed by atoms with E-state index in [9.17, 15) is 5.21 Å². The van der Waals surface area contributed by atoms with Crippen LogP contribution in [0.3, 0.4) is 0 Å². The first kappa shape index (κ1) is 10.0. The number of hydrogen-bond acceptors (Lipinski definition) is 2. The van der Waals surface area contributed by atoms with E-state index in [2.05, 4.69) is 6.92 Å². The fourth-order valence-electron chi connectivity index (χ4n) is 1.88. The summed E-state index contributed by atoms with van der Waals surface area (Å²) in [5, 5.41) is 11.2. The molecule has 0 aromatic rings. The summed E-state index contributed by atoms with van der Waals surface area (Å²) in [6, 6.07) is 0.463. The molecule has 0 aromatic carbocycles. The second kappa shape index (κ2) is 5.55.